The lowest BCUT2D eigenvalue weighted by Gasteiger charge is -2.06. The fourth-order valence-electron chi connectivity index (χ4n) is 1.48. The fourth-order valence-corrected chi connectivity index (χ4v) is 2.29. The van der Waals surface area contributed by atoms with Crippen LogP contribution >= 0.6 is 23.4 Å². The predicted octanol–water partition coefficient (Wildman–Crippen LogP) is 3.68. The lowest BCUT2D eigenvalue weighted by molar-refractivity contribution is -0.131. The molecule has 0 radical (unpaired) electrons. The zero-order chi connectivity index (χ0) is 14.2. The Morgan fingerprint density at radius 1 is 1.10 bits per heavy atom. The van der Waals surface area contributed by atoms with Crippen LogP contribution in [0.25, 0.3) is 0 Å². The van der Waals surface area contributed by atoms with E-state index in [0.717, 1.165) is 10.5 Å². The summed E-state index contributed by atoms with van der Waals surface area (Å²) in [5.74, 6) is 0.136. The van der Waals surface area contributed by atoms with Crippen LogP contribution in [0.4, 0.5) is 0 Å². The van der Waals surface area contributed by atoms with Gasteiger partial charge in [0.25, 0.3) is 5.91 Å². The van der Waals surface area contributed by atoms with Gasteiger partial charge in [0.2, 0.25) is 0 Å². The molecule has 0 unspecified atom stereocenters. The van der Waals surface area contributed by atoms with Crippen LogP contribution in [0.3, 0.4) is 0 Å². The number of hydroxylamine groups is 1. The molecule has 2 aromatic rings. The second kappa shape index (κ2) is 7.94. The van der Waals surface area contributed by atoms with E-state index in [1.165, 1.54) is 11.8 Å². The van der Waals surface area contributed by atoms with Gasteiger partial charge in [0.15, 0.2) is 0 Å². The van der Waals surface area contributed by atoms with Crippen LogP contribution in [0.2, 0.25) is 5.02 Å². The number of thioether (sulfide) groups is 1. The summed E-state index contributed by atoms with van der Waals surface area (Å²) in [5, 5.41) is 0.685. The van der Waals surface area contributed by atoms with E-state index in [1.54, 1.807) is 12.1 Å². The number of carbonyl (C=O) groups excluding carboxylic acids is 1. The van der Waals surface area contributed by atoms with E-state index in [2.05, 4.69) is 5.48 Å². The van der Waals surface area contributed by atoms with Gasteiger partial charge in [0.05, 0.1) is 12.4 Å². The molecule has 0 aliphatic heterocycles. The van der Waals surface area contributed by atoms with Crippen molar-refractivity contribution in [3.63, 3.8) is 0 Å². The Morgan fingerprint density at radius 2 is 1.80 bits per heavy atom. The van der Waals surface area contributed by atoms with Gasteiger partial charge in [-0.3, -0.25) is 9.63 Å². The minimum Gasteiger partial charge on any atom is -0.272 e. The second-order valence-corrected chi connectivity index (χ2v) is 5.53. The van der Waals surface area contributed by atoms with Crippen LogP contribution in [0, 0.1) is 0 Å². The van der Waals surface area contributed by atoms with E-state index >= 15 is 0 Å². The number of rotatable bonds is 6. The summed E-state index contributed by atoms with van der Waals surface area (Å²) in [6, 6.07) is 17.0. The van der Waals surface area contributed by atoms with Gasteiger partial charge < -0.3 is 0 Å². The molecule has 1 N–H and O–H groups in total. The SMILES string of the molecule is O=C(CSc1ccc(Cl)cc1)NOCc1ccccc1. The van der Waals surface area contributed by atoms with E-state index in [1.807, 2.05) is 42.5 Å². The zero-order valence-electron chi connectivity index (χ0n) is 10.7. The zero-order valence-corrected chi connectivity index (χ0v) is 12.3. The molecule has 0 saturated heterocycles. The minimum absolute atomic E-state index is 0.166. The molecule has 0 heterocycles. The number of carbonyl (C=O) groups is 1. The number of benzene rings is 2. The molecule has 5 heteroatoms. The van der Waals surface area contributed by atoms with Gasteiger partial charge in [-0.25, -0.2) is 5.48 Å². The molecule has 0 spiro atoms. The van der Waals surface area contributed by atoms with Crippen molar-refractivity contribution in [1.29, 1.82) is 0 Å². The van der Waals surface area contributed by atoms with Crippen LogP contribution in [0.1, 0.15) is 5.56 Å². The summed E-state index contributed by atoms with van der Waals surface area (Å²) in [5.41, 5.74) is 3.44. The molecule has 104 valence electrons. The Labute approximate surface area is 127 Å². The van der Waals surface area contributed by atoms with Crippen LogP contribution in [0.15, 0.2) is 59.5 Å². The van der Waals surface area contributed by atoms with Gasteiger partial charge in [0, 0.05) is 9.92 Å². The minimum atomic E-state index is -0.166. The van der Waals surface area contributed by atoms with Gasteiger partial charge in [-0.05, 0) is 29.8 Å². The van der Waals surface area contributed by atoms with E-state index in [0.29, 0.717) is 17.4 Å². The van der Waals surface area contributed by atoms with Gasteiger partial charge in [-0.1, -0.05) is 41.9 Å². The van der Waals surface area contributed by atoms with Gasteiger partial charge in [-0.2, -0.15) is 0 Å². The first-order valence-corrected chi connectivity index (χ1v) is 7.43. The summed E-state index contributed by atoms with van der Waals surface area (Å²) in [7, 11) is 0. The topological polar surface area (TPSA) is 38.3 Å². The van der Waals surface area contributed by atoms with Crippen molar-refractivity contribution in [2.75, 3.05) is 5.75 Å². The maximum Gasteiger partial charge on any atom is 0.253 e. The largest absolute Gasteiger partial charge is 0.272 e. The molecule has 2 aromatic carbocycles. The fraction of sp³-hybridized carbons (Fsp3) is 0.133. The van der Waals surface area contributed by atoms with Crippen LogP contribution in [-0.2, 0) is 16.2 Å². The van der Waals surface area contributed by atoms with Gasteiger partial charge in [-0.15, -0.1) is 11.8 Å². The summed E-state index contributed by atoms with van der Waals surface area (Å²) in [4.78, 5) is 17.7. The first kappa shape index (κ1) is 14.9. The number of nitrogens with one attached hydrogen (secondary N) is 1. The predicted molar refractivity (Wildman–Crippen MR) is 81.5 cm³/mol. The second-order valence-electron chi connectivity index (χ2n) is 4.04. The molecule has 0 aliphatic rings. The lowest BCUT2D eigenvalue weighted by Crippen LogP contribution is -2.25. The lowest BCUT2D eigenvalue weighted by atomic mass is 10.2. The highest BCUT2D eigenvalue weighted by Gasteiger charge is 2.03. The number of amides is 1. The number of hydrogen-bond donors (Lipinski definition) is 1. The molecule has 0 atom stereocenters. The summed E-state index contributed by atoms with van der Waals surface area (Å²) in [6.45, 7) is 0.359. The van der Waals surface area contributed by atoms with Crippen molar-refractivity contribution in [3.8, 4) is 0 Å². The van der Waals surface area contributed by atoms with Crippen molar-refractivity contribution in [3.05, 3.63) is 65.2 Å². The highest BCUT2D eigenvalue weighted by Crippen LogP contribution is 2.19. The Hall–Kier alpha value is -1.49. The summed E-state index contributed by atoms with van der Waals surface area (Å²) >= 11 is 7.23. The molecule has 0 fully saturated rings. The Kier molecular flexibility index (Phi) is 5.92. The molecule has 0 aliphatic carbocycles. The quantitative estimate of drug-likeness (QED) is 0.653. The average Bonchev–Trinajstić information content (AvgIpc) is 2.48. The molecule has 0 saturated carbocycles. The van der Waals surface area contributed by atoms with Crippen LogP contribution in [0.5, 0.6) is 0 Å². The molecule has 3 nitrogen and oxygen atoms in total. The third-order valence-electron chi connectivity index (χ3n) is 2.45. The highest BCUT2D eigenvalue weighted by molar-refractivity contribution is 8.00. The molecule has 1 amide bonds. The normalized spacial score (nSPS) is 10.2. The van der Waals surface area contributed by atoms with Crippen molar-refractivity contribution in [2.24, 2.45) is 0 Å². The van der Waals surface area contributed by atoms with Gasteiger partial charge >= 0.3 is 0 Å². The van der Waals surface area contributed by atoms with E-state index < -0.39 is 0 Å². The molecule has 0 aromatic heterocycles. The molecule has 2 rings (SSSR count). The van der Waals surface area contributed by atoms with Crippen LogP contribution < -0.4 is 5.48 Å². The highest BCUT2D eigenvalue weighted by atomic mass is 35.5. The van der Waals surface area contributed by atoms with Crippen molar-refractivity contribution < 1.29 is 9.63 Å². The summed E-state index contributed by atoms with van der Waals surface area (Å²) in [6.07, 6.45) is 0. The first-order valence-electron chi connectivity index (χ1n) is 6.07. The third kappa shape index (κ3) is 5.25. The van der Waals surface area contributed by atoms with Crippen molar-refractivity contribution >= 4 is 29.3 Å². The maximum atomic E-state index is 11.6. The Morgan fingerprint density at radius 3 is 2.50 bits per heavy atom. The monoisotopic (exact) mass is 307 g/mol. The average molecular weight is 308 g/mol. The van der Waals surface area contributed by atoms with Gasteiger partial charge in [0.1, 0.15) is 0 Å². The van der Waals surface area contributed by atoms with Crippen molar-refractivity contribution in [2.45, 2.75) is 11.5 Å². The Bertz CT molecular complexity index is 546. The van der Waals surface area contributed by atoms with Crippen LogP contribution in [-0.4, -0.2) is 11.7 Å². The van der Waals surface area contributed by atoms with E-state index in [9.17, 15) is 4.79 Å². The van der Waals surface area contributed by atoms with E-state index in [-0.39, 0.29) is 5.91 Å². The number of halogens is 1. The standard InChI is InChI=1S/C15H14ClNO2S/c16-13-6-8-14(9-7-13)20-11-15(18)17-19-10-12-4-2-1-3-5-12/h1-9H,10-11H2,(H,17,18). The number of hydrogen-bond acceptors (Lipinski definition) is 3. The molecule has 20 heavy (non-hydrogen) atoms. The third-order valence-corrected chi connectivity index (χ3v) is 3.72. The Balaban J connectivity index is 1.67. The summed E-state index contributed by atoms with van der Waals surface area (Å²) < 4.78 is 0. The smallest absolute Gasteiger partial charge is 0.253 e. The molecule has 0 bridgehead atoms. The first-order chi connectivity index (χ1) is 9.74. The molecular weight excluding hydrogens is 294 g/mol. The maximum absolute atomic E-state index is 11.6. The van der Waals surface area contributed by atoms with Crippen molar-refractivity contribution in [1.82, 2.24) is 5.48 Å². The molecular formula is C15H14ClNO2S. The van der Waals surface area contributed by atoms with E-state index in [4.69, 9.17) is 16.4 Å².